The van der Waals surface area contributed by atoms with Crippen molar-refractivity contribution in [2.24, 2.45) is 5.73 Å². The topological polar surface area (TPSA) is 96.8 Å². The molecule has 1 fully saturated rings. The summed E-state index contributed by atoms with van der Waals surface area (Å²) in [5, 5.41) is 10.0. The molecule has 1 aromatic heterocycles. The molecule has 1 saturated heterocycles. The summed E-state index contributed by atoms with van der Waals surface area (Å²) in [7, 11) is 0. The number of hydrogen-bond donors (Lipinski definition) is 2. The van der Waals surface area contributed by atoms with E-state index in [4.69, 9.17) is 10.2 Å². The highest BCUT2D eigenvalue weighted by Gasteiger charge is 2.40. The molecule has 0 spiro atoms. The van der Waals surface area contributed by atoms with Crippen molar-refractivity contribution < 1.29 is 19.1 Å². The number of β-amino-alcohol motifs (C(OH)–C–C–N with tert-alkyl or cyclic N) is 1. The fourth-order valence-corrected chi connectivity index (χ4v) is 2.44. The molecule has 1 atom stereocenters. The summed E-state index contributed by atoms with van der Waals surface area (Å²) in [6.07, 6.45) is 2.20. The number of piperidine rings is 1. The number of amides is 2. The molecule has 1 aliphatic rings. The van der Waals surface area contributed by atoms with Crippen molar-refractivity contribution in [3.05, 3.63) is 22.6 Å². The first-order valence-corrected chi connectivity index (χ1v) is 6.28. The highest BCUT2D eigenvalue weighted by atomic mass is 79.9. The number of furan rings is 1. The largest absolute Gasteiger partial charge is 0.457 e. The second-order valence-corrected chi connectivity index (χ2v) is 5.05. The maximum absolute atomic E-state index is 12.2. The van der Waals surface area contributed by atoms with Gasteiger partial charge in [0, 0.05) is 6.54 Å². The predicted molar refractivity (Wildman–Crippen MR) is 65.7 cm³/mol. The van der Waals surface area contributed by atoms with E-state index >= 15 is 0 Å². The molecule has 6 nitrogen and oxygen atoms in total. The van der Waals surface area contributed by atoms with Gasteiger partial charge in [-0.2, -0.15) is 0 Å². The quantitative estimate of drug-likeness (QED) is 0.830. The number of halogens is 1. The van der Waals surface area contributed by atoms with Crippen molar-refractivity contribution in [2.75, 3.05) is 13.1 Å². The average molecular weight is 317 g/mol. The SMILES string of the molecule is NC(=O)C1(O)CCCN(C(=O)c2ccoc2Br)C1. The Balaban J connectivity index is 2.17. The van der Waals surface area contributed by atoms with Crippen LogP contribution in [0.15, 0.2) is 21.4 Å². The second kappa shape index (κ2) is 4.74. The third kappa shape index (κ3) is 2.28. The number of rotatable bonds is 2. The van der Waals surface area contributed by atoms with Crippen LogP contribution in [0.5, 0.6) is 0 Å². The molecule has 1 unspecified atom stereocenters. The Hall–Kier alpha value is -1.34. The molecule has 98 valence electrons. The summed E-state index contributed by atoms with van der Waals surface area (Å²) in [6.45, 7) is 0.394. The maximum atomic E-state index is 12.2. The predicted octanol–water partition coefficient (Wildman–Crippen LogP) is 0.495. The summed E-state index contributed by atoms with van der Waals surface area (Å²) >= 11 is 3.12. The van der Waals surface area contributed by atoms with E-state index < -0.39 is 11.5 Å². The van der Waals surface area contributed by atoms with Crippen molar-refractivity contribution in [2.45, 2.75) is 18.4 Å². The fourth-order valence-electron chi connectivity index (χ4n) is 2.03. The smallest absolute Gasteiger partial charge is 0.258 e. The van der Waals surface area contributed by atoms with Gasteiger partial charge in [-0.05, 0) is 34.8 Å². The number of hydrogen-bond acceptors (Lipinski definition) is 4. The summed E-state index contributed by atoms with van der Waals surface area (Å²) < 4.78 is 5.32. The lowest BCUT2D eigenvalue weighted by molar-refractivity contribution is -0.140. The molecule has 2 heterocycles. The molecule has 0 aromatic carbocycles. The molecule has 1 aliphatic heterocycles. The van der Waals surface area contributed by atoms with Gasteiger partial charge < -0.3 is 20.2 Å². The number of aliphatic hydroxyl groups is 1. The molecule has 7 heteroatoms. The van der Waals surface area contributed by atoms with E-state index in [2.05, 4.69) is 15.9 Å². The van der Waals surface area contributed by atoms with E-state index in [-0.39, 0.29) is 18.9 Å². The van der Waals surface area contributed by atoms with Crippen molar-refractivity contribution in [3.63, 3.8) is 0 Å². The van der Waals surface area contributed by atoms with Crippen LogP contribution in [0, 0.1) is 0 Å². The van der Waals surface area contributed by atoms with Crippen LogP contribution in [0.1, 0.15) is 23.2 Å². The van der Waals surface area contributed by atoms with Crippen LogP contribution < -0.4 is 5.73 Å². The molecule has 0 radical (unpaired) electrons. The van der Waals surface area contributed by atoms with Gasteiger partial charge in [0.05, 0.1) is 18.4 Å². The lowest BCUT2D eigenvalue weighted by Crippen LogP contribution is -2.57. The van der Waals surface area contributed by atoms with E-state index in [0.717, 1.165) is 0 Å². The van der Waals surface area contributed by atoms with Gasteiger partial charge >= 0.3 is 0 Å². The zero-order valence-corrected chi connectivity index (χ0v) is 11.1. The van der Waals surface area contributed by atoms with E-state index in [1.165, 1.54) is 17.2 Å². The Morgan fingerprint density at radius 2 is 2.28 bits per heavy atom. The summed E-state index contributed by atoms with van der Waals surface area (Å²) in [5.74, 6) is -1.10. The number of nitrogens with zero attached hydrogens (tertiary/aromatic N) is 1. The Morgan fingerprint density at radius 3 is 2.83 bits per heavy atom. The number of nitrogens with two attached hydrogens (primary N) is 1. The zero-order chi connectivity index (χ0) is 13.3. The maximum Gasteiger partial charge on any atom is 0.258 e. The highest BCUT2D eigenvalue weighted by Crippen LogP contribution is 2.25. The third-order valence-electron chi connectivity index (χ3n) is 3.07. The number of likely N-dealkylation sites (tertiary alicyclic amines) is 1. The van der Waals surface area contributed by atoms with Crippen LogP contribution in [0.2, 0.25) is 0 Å². The van der Waals surface area contributed by atoms with Gasteiger partial charge in [0.2, 0.25) is 0 Å². The van der Waals surface area contributed by atoms with Gasteiger partial charge in [-0.15, -0.1) is 0 Å². The molecular weight excluding hydrogens is 304 g/mol. The molecule has 3 N–H and O–H groups in total. The first kappa shape index (κ1) is 13.1. The summed E-state index contributed by atoms with van der Waals surface area (Å²) in [6, 6.07) is 1.53. The van der Waals surface area contributed by atoms with E-state index in [9.17, 15) is 14.7 Å². The molecule has 2 rings (SSSR count). The second-order valence-electron chi connectivity index (χ2n) is 4.33. The van der Waals surface area contributed by atoms with E-state index in [1.807, 2.05) is 0 Å². The van der Waals surface area contributed by atoms with Crippen LogP contribution in [0.3, 0.4) is 0 Å². The molecule has 0 bridgehead atoms. The van der Waals surface area contributed by atoms with E-state index in [0.29, 0.717) is 23.2 Å². The minimum absolute atomic E-state index is 0.0845. The van der Waals surface area contributed by atoms with E-state index in [1.54, 1.807) is 0 Å². The van der Waals surface area contributed by atoms with Crippen LogP contribution in [-0.2, 0) is 4.79 Å². The summed E-state index contributed by atoms with van der Waals surface area (Å²) in [5.41, 5.74) is 3.89. The Morgan fingerprint density at radius 1 is 1.56 bits per heavy atom. The molecular formula is C11H13BrN2O4. The van der Waals surface area contributed by atoms with Gasteiger partial charge in [0.25, 0.3) is 11.8 Å². The lowest BCUT2D eigenvalue weighted by Gasteiger charge is -2.36. The van der Waals surface area contributed by atoms with Crippen molar-refractivity contribution in [1.29, 1.82) is 0 Å². The molecule has 0 aliphatic carbocycles. The zero-order valence-electron chi connectivity index (χ0n) is 9.56. The lowest BCUT2D eigenvalue weighted by atomic mass is 9.92. The van der Waals surface area contributed by atoms with Crippen molar-refractivity contribution in [3.8, 4) is 0 Å². The fraction of sp³-hybridized carbons (Fsp3) is 0.455. The minimum Gasteiger partial charge on any atom is -0.457 e. The standard InChI is InChI=1S/C11H13BrN2O4/c12-8-7(2-5-18-8)9(15)14-4-1-3-11(17,6-14)10(13)16/h2,5,17H,1,3-4,6H2,(H2,13,16). The number of carbonyl (C=O) groups is 2. The molecule has 1 aromatic rings. The van der Waals surface area contributed by atoms with Gasteiger partial charge in [0.15, 0.2) is 10.3 Å². The molecule has 0 saturated carbocycles. The van der Waals surface area contributed by atoms with Crippen LogP contribution in [-0.4, -0.2) is 40.5 Å². The average Bonchev–Trinajstić information content (AvgIpc) is 2.74. The van der Waals surface area contributed by atoms with Crippen LogP contribution in [0.25, 0.3) is 0 Å². The Bertz CT molecular complexity index is 487. The first-order valence-electron chi connectivity index (χ1n) is 5.48. The monoisotopic (exact) mass is 316 g/mol. The van der Waals surface area contributed by atoms with Gasteiger partial charge in [0.1, 0.15) is 0 Å². The van der Waals surface area contributed by atoms with Crippen LogP contribution in [0.4, 0.5) is 0 Å². The Labute approximate surface area is 112 Å². The first-order chi connectivity index (χ1) is 8.44. The molecule has 18 heavy (non-hydrogen) atoms. The number of primary amides is 1. The minimum atomic E-state index is -1.63. The normalized spacial score (nSPS) is 24.0. The van der Waals surface area contributed by atoms with Gasteiger partial charge in [-0.25, -0.2) is 0 Å². The van der Waals surface area contributed by atoms with Gasteiger partial charge in [-0.3, -0.25) is 9.59 Å². The summed E-state index contributed by atoms with van der Waals surface area (Å²) in [4.78, 5) is 24.8. The number of carbonyl (C=O) groups excluding carboxylic acids is 2. The van der Waals surface area contributed by atoms with Crippen molar-refractivity contribution >= 4 is 27.7 Å². The third-order valence-corrected chi connectivity index (χ3v) is 3.68. The van der Waals surface area contributed by atoms with Gasteiger partial charge in [-0.1, -0.05) is 0 Å². The van der Waals surface area contributed by atoms with Crippen molar-refractivity contribution in [1.82, 2.24) is 4.90 Å². The highest BCUT2D eigenvalue weighted by molar-refractivity contribution is 9.10. The van der Waals surface area contributed by atoms with Crippen LogP contribution >= 0.6 is 15.9 Å². The Kier molecular flexibility index (Phi) is 3.45. The molecule has 2 amide bonds.